The van der Waals surface area contributed by atoms with Crippen LogP contribution in [0.3, 0.4) is 0 Å². The average molecular weight is 335 g/mol. The number of nitrogens with zero attached hydrogens (tertiary/aromatic N) is 3. The highest BCUT2D eigenvalue weighted by Crippen LogP contribution is 2.33. The molecule has 0 aliphatic carbocycles. The molecule has 2 aliphatic rings. The van der Waals surface area contributed by atoms with E-state index in [-0.39, 0.29) is 17.9 Å². The van der Waals surface area contributed by atoms with Gasteiger partial charge in [0.1, 0.15) is 11.2 Å². The molecule has 0 saturated carbocycles. The van der Waals surface area contributed by atoms with Crippen molar-refractivity contribution in [2.24, 2.45) is 0 Å². The molecular weight excluding hydrogens is 314 g/mol. The van der Waals surface area contributed by atoms with Gasteiger partial charge in [0.25, 0.3) is 5.91 Å². The van der Waals surface area contributed by atoms with Gasteiger partial charge >= 0.3 is 6.09 Å². The number of likely N-dealkylation sites (N-methyl/N-ethyl adjacent to an activating group) is 1. The number of amides is 2. The summed E-state index contributed by atoms with van der Waals surface area (Å²) < 4.78 is 15.8. The summed E-state index contributed by atoms with van der Waals surface area (Å²) in [5.41, 5.74) is -0.0695. The molecule has 2 saturated heterocycles. The van der Waals surface area contributed by atoms with E-state index in [1.54, 1.807) is 29.0 Å². The number of pyridine rings is 1. The van der Waals surface area contributed by atoms with Crippen molar-refractivity contribution >= 4 is 12.0 Å². The predicted octanol–water partition coefficient (Wildman–Crippen LogP) is 1.16. The molecule has 2 amide bonds. The second-order valence-electron chi connectivity index (χ2n) is 6.11. The molecular formula is C16H21N3O5. The minimum absolute atomic E-state index is 0.144. The molecule has 0 bridgehead atoms. The van der Waals surface area contributed by atoms with Crippen molar-refractivity contribution in [3.63, 3.8) is 0 Å². The Kier molecular flexibility index (Phi) is 4.21. The van der Waals surface area contributed by atoms with Gasteiger partial charge in [0.2, 0.25) is 11.8 Å². The van der Waals surface area contributed by atoms with Crippen molar-refractivity contribution in [3.05, 3.63) is 17.7 Å². The molecule has 0 aromatic carbocycles. The van der Waals surface area contributed by atoms with Crippen molar-refractivity contribution < 1.29 is 23.8 Å². The van der Waals surface area contributed by atoms with Crippen LogP contribution < -0.4 is 9.47 Å². The van der Waals surface area contributed by atoms with Crippen LogP contribution in [0.1, 0.15) is 23.2 Å². The second kappa shape index (κ2) is 6.18. The summed E-state index contributed by atoms with van der Waals surface area (Å²) in [5.74, 6) is 0.489. The lowest BCUT2D eigenvalue weighted by atomic mass is 9.91. The Morgan fingerprint density at radius 1 is 1.25 bits per heavy atom. The van der Waals surface area contributed by atoms with Gasteiger partial charge < -0.3 is 24.0 Å². The van der Waals surface area contributed by atoms with Gasteiger partial charge in [-0.25, -0.2) is 4.79 Å². The van der Waals surface area contributed by atoms with E-state index in [9.17, 15) is 9.59 Å². The number of aromatic nitrogens is 1. The van der Waals surface area contributed by atoms with Crippen molar-refractivity contribution in [1.82, 2.24) is 14.8 Å². The summed E-state index contributed by atoms with van der Waals surface area (Å²) in [6.07, 6.45) is 0.956. The quantitative estimate of drug-likeness (QED) is 0.824. The van der Waals surface area contributed by atoms with Crippen molar-refractivity contribution in [1.29, 1.82) is 0 Å². The van der Waals surface area contributed by atoms with Crippen LogP contribution in [0.15, 0.2) is 12.1 Å². The third-order valence-corrected chi connectivity index (χ3v) is 4.57. The van der Waals surface area contributed by atoms with E-state index in [1.165, 1.54) is 14.2 Å². The minimum Gasteiger partial charge on any atom is -0.481 e. The number of carbonyl (C=O) groups is 2. The minimum atomic E-state index is -0.467. The maximum Gasteiger partial charge on any atom is 0.410 e. The van der Waals surface area contributed by atoms with Gasteiger partial charge in [-0.3, -0.25) is 4.79 Å². The standard InChI is InChI=1S/C16H21N3O5/c1-18-10-16(24-15(18)21)6-8-19(9-7-16)14(20)11-4-5-12(22-2)17-13(11)23-3/h4-5H,6-10H2,1-3H3. The first-order chi connectivity index (χ1) is 11.5. The predicted molar refractivity (Wildman–Crippen MR) is 84.3 cm³/mol. The topological polar surface area (TPSA) is 81.2 Å². The number of hydrogen-bond donors (Lipinski definition) is 0. The van der Waals surface area contributed by atoms with Crippen LogP contribution in [-0.4, -0.2) is 73.3 Å². The summed E-state index contributed by atoms with van der Waals surface area (Å²) in [4.78, 5) is 31.8. The zero-order valence-electron chi connectivity index (χ0n) is 14.1. The zero-order valence-corrected chi connectivity index (χ0v) is 14.1. The van der Waals surface area contributed by atoms with E-state index in [1.807, 2.05) is 0 Å². The molecule has 2 fully saturated rings. The Hall–Kier alpha value is -2.51. The molecule has 8 nitrogen and oxygen atoms in total. The largest absolute Gasteiger partial charge is 0.481 e. The van der Waals surface area contributed by atoms with E-state index in [0.717, 1.165) is 0 Å². The molecule has 24 heavy (non-hydrogen) atoms. The van der Waals surface area contributed by atoms with Gasteiger partial charge in [0.15, 0.2) is 0 Å². The number of likely N-dealkylation sites (tertiary alicyclic amines) is 1. The van der Waals surface area contributed by atoms with Crippen LogP contribution in [0.4, 0.5) is 4.79 Å². The van der Waals surface area contributed by atoms with Crippen molar-refractivity contribution in [2.45, 2.75) is 18.4 Å². The van der Waals surface area contributed by atoms with Gasteiger partial charge in [-0.2, -0.15) is 4.98 Å². The normalized spacial score (nSPS) is 19.4. The molecule has 0 N–H and O–H groups in total. The SMILES string of the molecule is COc1ccc(C(=O)N2CCC3(CC2)CN(C)C(=O)O3)c(OC)n1. The van der Waals surface area contributed by atoms with Crippen LogP contribution in [0.2, 0.25) is 0 Å². The summed E-state index contributed by atoms with van der Waals surface area (Å²) >= 11 is 0. The monoisotopic (exact) mass is 335 g/mol. The lowest BCUT2D eigenvalue weighted by molar-refractivity contribution is 0.00309. The molecule has 3 heterocycles. The first kappa shape index (κ1) is 16.4. The Morgan fingerprint density at radius 3 is 2.50 bits per heavy atom. The molecule has 1 aromatic heterocycles. The maximum absolute atomic E-state index is 12.8. The Bertz CT molecular complexity index is 655. The number of carbonyl (C=O) groups excluding carboxylic acids is 2. The summed E-state index contributed by atoms with van der Waals surface area (Å²) in [5, 5.41) is 0. The van der Waals surface area contributed by atoms with E-state index >= 15 is 0 Å². The molecule has 0 radical (unpaired) electrons. The van der Waals surface area contributed by atoms with Crippen molar-refractivity contribution in [3.8, 4) is 11.8 Å². The molecule has 2 aliphatic heterocycles. The highest BCUT2D eigenvalue weighted by molar-refractivity contribution is 5.96. The molecule has 3 rings (SSSR count). The first-order valence-electron chi connectivity index (χ1n) is 7.80. The van der Waals surface area contributed by atoms with Crippen LogP contribution in [0, 0.1) is 0 Å². The molecule has 0 atom stereocenters. The fourth-order valence-electron chi connectivity index (χ4n) is 3.20. The smallest absolute Gasteiger partial charge is 0.410 e. The van der Waals surface area contributed by atoms with Gasteiger partial charge in [-0.15, -0.1) is 0 Å². The summed E-state index contributed by atoms with van der Waals surface area (Å²) in [7, 11) is 4.70. The van der Waals surface area contributed by atoms with E-state index in [0.29, 0.717) is 43.9 Å². The van der Waals surface area contributed by atoms with E-state index in [4.69, 9.17) is 14.2 Å². The number of piperidine rings is 1. The average Bonchev–Trinajstić information content (AvgIpc) is 2.87. The zero-order chi connectivity index (χ0) is 17.3. The molecule has 0 unspecified atom stereocenters. The number of rotatable bonds is 3. The molecule has 1 spiro atoms. The maximum atomic E-state index is 12.8. The molecule has 1 aromatic rings. The first-order valence-corrected chi connectivity index (χ1v) is 7.80. The number of ether oxygens (including phenoxy) is 3. The van der Waals surface area contributed by atoms with E-state index in [2.05, 4.69) is 4.98 Å². The molecule has 8 heteroatoms. The fraction of sp³-hybridized carbons (Fsp3) is 0.562. The number of methoxy groups -OCH3 is 2. The van der Waals surface area contributed by atoms with Crippen LogP contribution in [0.5, 0.6) is 11.8 Å². The lowest BCUT2D eigenvalue weighted by Gasteiger charge is -2.37. The Labute approximate surface area is 140 Å². The Morgan fingerprint density at radius 2 is 1.96 bits per heavy atom. The van der Waals surface area contributed by atoms with Gasteiger partial charge in [0.05, 0.1) is 20.8 Å². The lowest BCUT2D eigenvalue weighted by Crippen LogP contribution is -2.48. The summed E-state index contributed by atoms with van der Waals surface area (Å²) in [6, 6.07) is 3.29. The van der Waals surface area contributed by atoms with E-state index < -0.39 is 5.60 Å². The van der Waals surface area contributed by atoms with Crippen LogP contribution in [-0.2, 0) is 4.74 Å². The van der Waals surface area contributed by atoms with Gasteiger partial charge in [-0.05, 0) is 6.07 Å². The van der Waals surface area contributed by atoms with Crippen LogP contribution in [0.25, 0.3) is 0 Å². The molecule has 130 valence electrons. The fourth-order valence-corrected chi connectivity index (χ4v) is 3.20. The second-order valence-corrected chi connectivity index (χ2v) is 6.11. The van der Waals surface area contributed by atoms with Gasteiger partial charge in [0, 0.05) is 39.0 Å². The number of hydrogen-bond acceptors (Lipinski definition) is 6. The highest BCUT2D eigenvalue weighted by Gasteiger charge is 2.46. The summed E-state index contributed by atoms with van der Waals surface area (Å²) in [6.45, 7) is 1.62. The third-order valence-electron chi connectivity index (χ3n) is 4.57. The van der Waals surface area contributed by atoms with Gasteiger partial charge in [-0.1, -0.05) is 0 Å². The highest BCUT2D eigenvalue weighted by atomic mass is 16.6. The van der Waals surface area contributed by atoms with Crippen LogP contribution >= 0.6 is 0 Å². The third kappa shape index (κ3) is 2.83. The van der Waals surface area contributed by atoms with Crippen molar-refractivity contribution in [2.75, 3.05) is 40.9 Å². The Balaban J connectivity index is 1.71.